The Balaban J connectivity index is 2.58. The van der Waals surface area contributed by atoms with Crippen molar-refractivity contribution in [1.29, 1.82) is 0 Å². The Morgan fingerprint density at radius 1 is 1.54 bits per heavy atom. The number of pyridine rings is 1. The number of nitrogens with two attached hydrogens (primary N) is 1. The highest BCUT2D eigenvalue weighted by molar-refractivity contribution is 5.81. The molecule has 2 aromatic heterocycles. The van der Waals surface area contributed by atoms with Crippen molar-refractivity contribution in [1.82, 2.24) is 9.55 Å². The van der Waals surface area contributed by atoms with E-state index in [0.717, 1.165) is 10.9 Å². The van der Waals surface area contributed by atoms with Crippen LogP contribution in [0.3, 0.4) is 0 Å². The Kier molecular flexibility index (Phi) is 1.90. The molecular formula is C9H11N3O. The van der Waals surface area contributed by atoms with Crippen LogP contribution < -0.4 is 5.73 Å². The van der Waals surface area contributed by atoms with Gasteiger partial charge in [0.2, 0.25) is 0 Å². The maximum atomic E-state index is 8.80. The highest BCUT2D eigenvalue weighted by atomic mass is 16.3. The Hall–Kier alpha value is -1.55. The number of aromatic nitrogens is 2. The molecule has 0 radical (unpaired) electrons. The number of nitrogen functional groups attached to an aromatic ring is 1. The average Bonchev–Trinajstić information content (AvgIpc) is 2.49. The molecule has 0 aliphatic carbocycles. The fourth-order valence-electron chi connectivity index (χ4n) is 1.40. The number of aliphatic hydroxyl groups is 1. The number of hydrogen-bond donors (Lipinski definition) is 2. The summed E-state index contributed by atoms with van der Waals surface area (Å²) >= 11 is 0. The van der Waals surface area contributed by atoms with Crippen molar-refractivity contribution in [2.24, 2.45) is 0 Å². The molecule has 13 heavy (non-hydrogen) atoms. The molecule has 0 unspecified atom stereocenters. The Labute approximate surface area is 75.6 Å². The van der Waals surface area contributed by atoms with Crippen LogP contribution in [0.1, 0.15) is 0 Å². The van der Waals surface area contributed by atoms with E-state index in [9.17, 15) is 0 Å². The molecule has 68 valence electrons. The highest BCUT2D eigenvalue weighted by Gasteiger charge is 2.00. The number of rotatable bonds is 2. The van der Waals surface area contributed by atoms with Crippen LogP contribution in [-0.2, 0) is 6.54 Å². The van der Waals surface area contributed by atoms with E-state index in [0.29, 0.717) is 12.4 Å². The van der Waals surface area contributed by atoms with Gasteiger partial charge in [0.15, 0.2) is 0 Å². The van der Waals surface area contributed by atoms with Gasteiger partial charge in [0, 0.05) is 30.4 Å². The zero-order chi connectivity index (χ0) is 9.26. The predicted molar refractivity (Wildman–Crippen MR) is 51.2 cm³/mol. The normalized spacial score (nSPS) is 10.8. The van der Waals surface area contributed by atoms with Crippen LogP contribution in [0.5, 0.6) is 0 Å². The summed E-state index contributed by atoms with van der Waals surface area (Å²) in [5.41, 5.74) is 6.58. The van der Waals surface area contributed by atoms with Crippen molar-refractivity contribution in [3.63, 3.8) is 0 Å². The second-order valence-corrected chi connectivity index (χ2v) is 2.90. The molecule has 2 aromatic rings. The molecule has 0 bridgehead atoms. The van der Waals surface area contributed by atoms with Gasteiger partial charge in [-0.25, -0.2) is 4.98 Å². The van der Waals surface area contributed by atoms with Crippen LogP contribution in [0.2, 0.25) is 0 Å². The third-order valence-electron chi connectivity index (χ3n) is 2.02. The minimum absolute atomic E-state index is 0.131. The third kappa shape index (κ3) is 1.36. The van der Waals surface area contributed by atoms with Crippen LogP contribution in [0, 0.1) is 0 Å². The second-order valence-electron chi connectivity index (χ2n) is 2.90. The Bertz CT molecular complexity index is 422. The number of nitrogens with zero attached hydrogens (tertiary/aromatic N) is 2. The summed E-state index contributed by atoms with van der Waals surface area (Å²) < 4.78 is 1.95. The monoisotopic (exact) mass is 177 g/mol. The zero-order valence-electron chi connectivity index (χ0n) is 7.14. The molecule has 0 spiro atoms. The van der Waals surface area contributed by atoms with Gasteiger partial charge in [-0.15, -0.1) is 0 Å². The number of anilines is 1. The molecule has 3 N–H and O–H groups in total. The fourth-order valence-corrected chi connectivity index (χ4v) is 1.40. The standard InChI is InChI=1S/C9H11N3O/c10-9-5-8-7(6-11-9)1-2-12(8)3-4-13/h1-2,5-6,13H,3-4H2,(H2,10,11). The van der Waals surface area contributed by atoms with E-state index < -0.39 is 0 Å². The van der Waals surface area contributed by atoms with Crippen molar-refractivity contribution in [2.45, 2.75) is 6.54 Å². The Morgan fingerprint density at radius 3 is 3.15 bits per heavy atom. The summed E-state index contributed by atoms with van der Waals surface area (Å²) in [5.74, 6) is 0.505. The van der Waals surface area contributed by atoms with Gasteiger partial charge in [-0.1, -0.05) is 0 Å². The first-order valence-corrected chi connectivity index (χ1v) is 4.12. The summed E-state index contributed by atoms with van der Waals surface area (Å²) in [7, 11) is 0. The summed E-state index contributed by atoms with van der Waals surface area (Å²) in [4.78, 5) is 3.98. The van der Waals surface area contributed by atoms with E-state index in [1.807, 2.05) is 22.9 Å². The van der Waals surface area contributed by atoms with Gasteiger partial charge in [0.25, 0.3) is 0 Å². The Morgan fingerprint density at radius 2 is 2.38 bits per heavy atom. The quantitative estimate of drug-likeness (QED) is 0.706. The third-order valence-corrected chi connectivity index (χ3v) is 2.02. The van der Waals surface area contributed by atoms with Gasteiger partial charge in [-0.3, -0.25) is 0 Å². The van der Waals surface area contributed by atoms with Gasteiger partial charge in [-0.05, 0) is 6.07 Å². The van der Waals surface area contributed by atoms with Gasteiger partial charge in [0.1, 0.15) is 5.82 Å². The largest absolute Gasteiger partial charge is 0.395 e. The summed E-state index contributed by atoms with van der Waals surface area (Å²) in [6, 6.07) is 3.77. The van der Waals surface area contributed by atoms with E-state index in [1.165, 1.54) is 0 Å². The number of fused-ring (bicyclic) bond motifs is 1. The van der Waals surface area contributed by atoms with Gasteiger partial charge in [-0.2, -0.15) is 0 Å². The predicted octanol–water partition coefficient (Wildman–Crippen LogP) is 0.611. The van der Waals surface area contributed by atoms with Crippen LogP contribution >= 0.6 is 0 Å². The van der Waals surface area contributed by atoms with Crippen molar-refractivity contribution in [3.05, 3.63) is 24.5 Å². The molecule has 0 amide bonds. The lowest BCUT2D eigenvalue weighted by molar-refractivity contribution is 0.278. The van der Waals surface area contributed by atoms with Crippen molar-refractivity contribution >= 4 is 16.7 Å². The lowest BCUT2D eigenvalue weighted by Crippen LogP contribution is -2.00. The van der Waals surface area contributed by atoms with E-state index in [2.05, 4.69) is 4.98 Å². The van der Waals surface area contributed by atoms with Crippen molar-refractivity contribution < 1.29 is 5.11 Å². The lowest BCUT2D eigenvalue weighted by atomic mass is 10.3. The molecule has 0 atom stereocenters. The molecule has 0 aromatic carbocycles. The summed E-state index contributed by atoms with van der Waals surface area (Å²) in [5, 5.41) is 9.84. The zero-order valence-corrected chi connectivity index (χ0v) is 7.14. The number of hydrogen-bond acceptors (Lipinski definition) is 3. The average molecular weight is 177 g/mol. The van der Waals surface area contributed by atoms with Crippen molar-refractivity contribution in [3.8, 4) is 0 Å². The van der Waals surface area contributed by atoms with E-state index in [-0.39, 0.29) is 6.61 Å². The SMILES string of the molecule is Nc1cc2c(ccn2CCO)cn1. The van der Waals surface area contributed by atoms with Crippen LogP contribution in [-0.4, -0.2) is 21.3 Å². The molecule has 4 heteroatoms. The van der Waals surface area contributed by atoms with E-state index in [4.69, 9.17) is 10.8 Å². The van der Waals surface area contributed by atoms with Gasteiger partial charge >= 0.3 is 0 Å². The molecule has 0 saturated carbocycles. The molecule has 0 saturated heterocycles. The smallest absolute Gasteiger partial charge is 0.125 e. The molecular weight excluding hydrogens is 166 g/mol. The molecule has 2 heterocycles. The van der Waals surface area contributed by atoms with Crippen LogP contribution in [0.25, 0.3) is 10.9 Å². The first-order valence-electron chi connectivity index (χ1n) is 4.12. The minimum atomic E-state index is 0.131. The highest BCUT2D eigenvalue weighted by Crippen LogP contribution is 2.16. The lowest BCUT2D eigenvalue weighted by Gasteiger charge is -2.01. The number of aliphatic hydroxyl groups excluding tert-OH is 1. The minimum Gasteiger partial charge on any atom is -0.395 e. The van der Waals surface area contributed by atoms with E-state index >= 15 is 0 Å². The maximum Gasteiger partial charge on any atom is 0.125 e. The van der Waals surface area contributed by atoms with Crippen LogP contribution in [0.15, 0.2) is 24.5 Å². The fraction of sp³-hybridized carbons (Fsp3) is 0.222. The molecule has 4 nitrogen and oxygen atoms in total. The maximum absolute atomic E-state index is 8.80. The van der Waals surface area contributed by atoms with Crippen molar-refractivity contribution in [2.75, 3.05) is 12.3 Å². The van der Waals surface area contributed by atoms with Gasteiger partial charge < -0.3 is 15.4 Å². The topological polar surface area (TPSA) is 64.1 Å². The van der Waals surface area contributed by atoms with Gasteiger partial charge in [0.05, 0.1) is 12.1 Å². The second kappa shape index (κ2) is 3.06. The molecule has 0 aliphatic rings. The van der Waals surface area contributed by atoms with E-state index in [1.54, 1.807) is 6.20 Å². The summed E-state index contributed by atoms with van der Waals surface area (Å²) in [6.45, 7) is 0.721. The molecule has 2 rings (SSSR count). The van der Waals surface area contributed by atoms with Crippen LogP contribution in [0.4, 0.5) is 5.82 Å². The molecule has 0 aliphatic heterocycles. The molecule has 0 fully saturated rings. The first kappa shape index (κ1) is 8.07. The summed E-state index contributed by atoms with van der Waals surface area (Å²) in [6.07, 6.45) is 3.65. The first-order chi connectivity index (χ1) is 6.31.